The van der Waals surface area contributed by atoms with E-state index in [0.717, 1.165) is 64.0 Å². The zero-order valence-electron chi connectivity index (χ0n) is 20.2. The molecule has 1 spiro atoms. The van der Waals surface area contributed by atoms with Gasteiger partial charge in [0.05, 0.1) is 17.9 Å². The maximum absolute atomic E-state index is 13.4. The van der Waals surface area contributed by atoms with Crippen LogP contribution in [0.25, 0.3) is 16.9 Å². The Bertz CT molecular complexity index is 1440. The highest BCUT2D eigenvalue weighted by atomic mass is 79.9. The first-order valence-electron chi connectivity index (χ1n) is 12.1. The second-order valence-electron chi connectivity index (χ2n) is 9.65. The number of benzene rings is 2. The molecule has 2 aliphatic rings. The second kappa shape index (κ2) is 8.81. The number of ether oxygens (including phenoxy) is 1. The van der Waals surface area contributed by atoms with E-state index in [1.165, 1.54) is 0 Å². The number of carbonyl (C=O) groups excluding carboxylic acids is 1. The van der Waals surface area contributed by atoms with Crippen LogP contribution in [0.1, 0.15) is 42.9 Å². The van der Waals surface area contributed by atoms with Crippen LogP contribution in [0.15, 0.2) is 65.4 Å². The van der Waals surface area contributed by atoms with Crippen molar-refractivity contribution < 1.29 is 9.53 Å². The molecule has 2 aromatic carbocycles. The molecule has 0 radical (unpaired) electrons. The Morgan fingerprint density at radius 2 is 2.00 bits per heavy atom. The van der Waals surface area contributed by atoms with Crippen molar-refractivity contribution in [1.29, 1.82) is 0 Å². The maximum Gasteiger partial charge on any atom is 0.320 e. The highest BCUT2D eigenvalue weighted by Crippen LogP contribution is 2.49. The first-order chi connectivity index (χ1) is 17.4. The van der Waals surface area contributed by atoms with Crippen molar-refractivity contribution >= 4 is 27.8 Å². The zero-order valence-corrected chi connectivity index (χ0v) is 21.7. The molecule has 1 unspecified atom stereocenters. The van der Waals surface area contributed by atoms with Crippen molar-refractivity contribution in [1.82, 2.24) is 24.9 Å². The van der Waals surface area contributed by atoms with Crippen molar-refractivity contribution in [3.63, 3.8) is 0 Å². The SMILES string of the molecule is Cc1c(-c2cnn(C)c2)nn(-c2ccccc2)c1NC(=O)NC1CC2(CCC2)Oc2ccc(Br)cc21. The van der Waals surface area contributed by atoms with Gasteiger partial charge in [-0.05, 0) is 56.5 Å². The van der Waals surface area contributed by atoms with E-state index in [-0.39, 0.29) is 17.7 Å². The predicted molar refractivity (Wildman–Crippen MR) is 141 cm³/mol. The summed E-state index contributed by atoms with van der Waals surface area (Å²) in [5, 5.41) is 15.5. The van der Waals surface area contributed by atoms with E-state index in [1.807, 2.05) is 68.7 Å². The van der Waals surface area contributed by atoms with E-state index < -0.39 is 0 Å². The lowest BCUT2D eigenvalue weighted by Crippen LogP contribution is -2.50. The summed E-state index contributed by atoms with van der Waals surface area (Å²) < 4.78 is 10.9. The van der Waals surface area contributed by atoms with Gasteiger partial charge in [-0.1, -0.05) is 34.1 Å². The Balaban J connectivity index is 1.32. The lowest BCUT2D eigenvalue weighted by molar-refractivity contribution is -0.0354. The van der Waals surface area contributed by atoms with Gasteiger partial charge in [-0.3, -0.25) is 10.00 Å². The molecule has 184 valence electrons. The topological polar surface area (TPSA) is 86.0 Å². The van der Waals surface area contributed by atoms with E-state index in [2.05, 4.69) is 31.7 Å². The van der Waals surface area contributed by atoms with Crippen molar-refractivity contribution in [2.24, 2.45) is 7.05 Å². The molecule has 8 nitrogen and oxygen atoms in total. The van der Waals surface area contributed by atoms with Crippen LogP contribution in [0.3, 0.4) is 0 Å². The highest BCUT2D eigenvalue weighted by molar-refractivity contribution is 9.10. The number of urea groups is 1. The molecule has 1 fully saturated rings. The molecule has 6 rings (SSSR count). The molecule has 1 aliphatic carbocycles. The van der Waals surface area contributed by atoms with Gasteiger partial charge in [-0.25, -0.2) is 9.48 Å². The van der Waals surface area contributed by atoms with Crippen molar-refractivity contribution in [2.75, 3.05) is 5.32 Å². The number of amides is 2. The lowest BCUT2D eigenvalue weighted by Gasteiger charge is -2.48. The van der Waals surface area contributed by atoms with Gasteiger partial charge < -0.3 is 10.1 Å². The Morgan fingerprint density at radius 3 is 2.69 bits per heavy atom. The van der Waals surface area contributed by atoms with Gasteiger partial charge in [0.25, 0.3) is 0 Å². The molecule has 1 saturated carbocycles. The standard InChI is InChI=1S/C27H27BrN6O2/c1-17-24(18-15-29-33(2)16-18)32-34(20-7-4-3-5-8-20)25(17)31-26(35)30-22-14-27(11-6-12-27)36-23-10-9-19(28)13-21(22)23/h3-5,7-10,13,15-16,22H,6,11-12,14H2,1-2H3,(H2,30,31,35). The molecule has 2 N–H and O–H groups in total. The summed E-state index contributed by atoms with van der Waals surface area (Å²) in [6.45, 7) is 1.97. The zero-order chi connectivity index (χ0) is 24.9. The first-order valence-corrected chi connectivity index (χ1v) is 12.9. The number of aromatic nitrogens is 4. The molecular formula is C27H27BrN6O2. The number of hydrogen-bond donors (Lipinski definition) is 2. The average Bonchev–Trinajstić information content (AvgIpc) is 3.42. The van der Waals surface area contributed by atoms with Crippen LogP contribution in [0.5, 0.6) is 5.75 Å². The van der Waals surface area contributed by atoms with Crippen LogP contribution in [0, 0.1) is 6.92 Å². The minimum atomic E-state index is -0.278. The average molecular weight is 547 g/mol. The fraction of sp³-hybridized carbons (Fsp3) is 0.296. The monoisotopic (exact) mass is 546 g/mol. The first kappa shape index (κ1) is 22.8. The number of para-hydroxylation sites is 1. The quantitative estimate of drug-likeness (QED) is 0.333. The fourth-order valence-electron chi connectivity index (χ4n) is 5.17. The molecule has 1 aliphatic heterocycles. The van der Waals surface area contributed by atoms with Gasteiger partial charge in [0.2, 0.25) is 0 Å². The van der Waals surface area contributed by atoms with E-state index >= 15 is 0 Å². The van der Waals surface area contributed by atoms with Gasteiger partial charge in [-0.15, -0.1) is 0 Å². The smallest absolute Gasteiger partial charge is 0.320 e. The molecule has 0 bridgehead atoms. The Kier molecular flexibility index (Phi) is 5.59. The minimum Gasteiger partial charge on any atom is -0.487 e. The number of fused-ring (bicyclic) bond motifs is 1. The van der Waals surface area contributed by atoms with Gasteiger partial charge in [-0.2, -0.15) is 10.2 Å². The molecule has 9 heteroatoms. The summed E-state index contributed by atoms with van der Waals surface area (Å²) in [6, 6.07) is 15.4. The fourth-order valence-corrected chi connectivity index (χ4v) is 5.54. The van der Waals surface area contributed by atoms with Crippen LogP contribution in [0.2, 0.25) is 0 Å². The van der Waals surface area contributed by atoms with Crippen LogP contribution in [0.4, 0.5) is 10.6 Å². The highest BCUT2D eigenvalue weighted by Gasteiger charge is 2.46. The number of rotatable bonds is 4. The number of anilines is 1. The Labute approximate surface area is 217 Å². The molecule has 0 saturated heterocycles. The van der Waals surface area contributed by atoms with Crippen LogP contribution >= 0.6 is 15.9 Å². The summed E-state index contributed by atoms with van der Waals surface area (Å²) in [6.07, 6.45) is 7.62. The number of aryl methyl sites for hydroxylation is 1. The molecule has 3 heterocycles. The van der Waals surface area contributed by atoms with Crippen molar-refractivity contribution in [2.45, 2.75) is 44.2 Å². The van der Waals surface area contributed by atoms with Crippen LogP contribution in [-0.2, 0) is 7.05 Å². The van der Waals surface area contributed by atoms with Crippen LogP contribution in [-0.4, -0.2) is 31.2 Å². The maximum atomic E-state index is 13.4. The van der Waals surface area contributed by atoms with E-state index in [9.17, 15) is 4.79 Å². The lowest BCUT2D eigenvalue weighted by atomic mass is 9.73. The number of halogens is 1. The molecule has 4 aromatic rings. The number of carbonyl (C=O) groups is 1. The minimum absolute atomic E-state index is 0.155. The van der Waals surface area contributed by atoms with Crippen LogP contribution < -0.4 is 15.4 Å². The summed E-state index contributed by atoms with van der Waals surface area (Å²) in [4.78, 5) is 13.4. The van der Waals surface area contributed by atoms with E-state index in [1.54, 1.807) is 15.6 Å². The Hall–Kier alpha value is -3.59. The Morgan fingerprint density at radius 1 is 1.19 bits per heavy atom. The third-order valence-electron chi connectivity index (χ3n) is 7.15. The predicted octanol–water partition coefficient (Wildman–Crippen LogP) is 5.91. The number of nitrogens with zero attached hydrogens (tertiary/aromatic N) is 4. The molecule has 1 atom stereocenters. The van der Waals surface area contributed by atoms with Gasteiger partial charge >= 0.3 is 6.03 Å². The third-order valence-corrected chi connectivity index (χ3v) is 7.65. The summed E-state index contributed by atoms with van der Waals surface area (Å²) in [7, 11) is 1.87. The molecule has 2 aromatic heterocycles. The van der Waals surface area contributed by atoms with Gasteiger partial charge in [0, 0.05) is 40.8 Å². The molecule has 36 heavy (non-hydrogen) atoms. The largest absolute Gasteiger partial charge is 0.487 e. The normalized spacial score (nSPS) is 17.7. The number of nitrogens with one attached hydrogen (secondary N) is 2. The third kappa shape index (κ3) is 4.07. The van der Waals surface area contributed by atoms with E-state index in [0.29, 0.717) is 5.82 Å². The molecule has 2 amide bonds. The summed E-state index contributed by atoms with van der Waals surface area (Å²) in [5.74, 6) is 1.47. The number of hydrogen-bond acceptors (Lipinski definition) is 4. The van der Waals surface area contributed by atoms with Crippen molar-refractivity contribution in [3.8, 4) is 22.7 Å². The van der Waals surface area contributed by atoms with E-state index in [4.69, 9.17) is 9.84 Å². The van der Waals surface area contributed by atoms with Gasteiger partial charge in [0.1, 0.15) is 22.9 Å². The second-order valence-corrected chi connectivity index (χ2v) is 10.6. The van der Waals surface area contributed by atoms with Crippen molar-refractivity contribution in [3.05, 3.63) is 76.5 Å². The summed E-state index contributed by atoms with van der Waals surface area (Å²) in [5.41, 5.74) is 4.20. The molecular weight excluding hydrogens is 520 g/mol. The van der Waals surface area contributed by atoms with Gasteiger partial charge in [0.15, 0.2) is 0 Å². The summed E-state index contributed by atoms with van der Waals surface area (Å²) >= 11 is 3.57.